The fourth-order valence-corrected chi connectivity index (χ4v) is 2.59. The first kappa shape index (κ1) is 16.1. The Morgan fingerprint density at radius 1 is 1.21 bits per heavy atom. The van der Waals surface area contributed by atoms with Gasteiger partial charge in [-0.1, -0.05) is 24.3 Å². The molecule has 0 radical (unpaired) electrons. The van der Waals surface area contributed by atoms with E-state index in [4.69, 9.17) is 25.5 Å². The van der Waals surface area contributed by atoms with Gasteiger partial charge in [0.05, 0.1) is 7.11 Å². The molecule has 3 aromatic rings. The van der Waals surface area contributed by atoms with Crippen LogP contribution in [0.15, 0.2) is 64.3 Å². The smallest absolute Gasteiger partial charge is 0.197 e. The predicted molar refractivity (Wildman–Crippen MR) is 95.2 cm³/mol. The molecule has 0 aliphatic rings. The van der Waals surface area contributed by atoms with Gasteiger partial charge in [-0.15, -0.1) is 0 Å². The van der Waals surface area contributed by atoms with Crippen LogP contribution in [0.1, 0.15) is 0 Å². The van der Waals surface area contributed by atoms with Gasteiger partial charge < -0.3 is 13.9 Å². The minimum atomic E-state index is -0.188. The lowest BCUT2D eigenvalue weighted by Gasteiger charge is -2.08. The van der Waals surface area contributed by atoms with Crippen LogP contribution in [0, 0.1) is 0 Å². The maximum atomic E-state index is 12.5. The van der Waals surface area contributed by atoms with E-state index in [0.29, 0.717) is 39.9 Å². The summed E-state index contributed by atoms with van der Waals surface area (Å²) >= 11 is 6.06. The van der Waals surface area contributed by atoms with E-state index in [2.05, 4.69) is 6.58 Å². The fraction of sp³-hybridized carbons (Fsp3) is 0.105. The Morgan fingerprint density at radius 2 is 1.96 bits per heavy atom. The van der Waals surface area contributed by atoms with Crippen LogP contribution in [-0.2, 0) is 0 Å². The van der Waals surface area contributed by atoms with Crippen molar-refractivity contribution in [3.05, 3.63) is 70.4 Å². The van der Waals surface area contributed by atoms with Gasteiger partial charge in [-0.3, -0.25) is 4.79 Å². The Balaban J connectivity index is 2.07. The first-order chi connectivity index (χ1) is 11.6. The van der Waals surface area contributed by atoms with E-state index < -0.39 is 0 Å². The summed E-state index contributed by atoms with van der Waals surface area (Å²) in [6.07, 6.45) is 1.67. The Kier molecular flexibility index (Phi) is 4.58. The van der Waals surface area contributed by atoms with Crippen molar-refractivity contribution in [2.75, 3.05) is 13.7 Å². The van der Waals surface area contributed by atoms with Crippen molar-refractivity contribution in [2.45, 2.75) is 0 Å². The maximum Gasteiger partial charge on any atom is 0.197 e. The van der Waals surface area contributed by atoms with Crippen LogP contribution in [0.2, 0.25) is 5.02 Å². The van der Waals surface area contributed by atoms with Gasteiger partial charge in [0.15, 0.2) is 5.43 Å². The van der Waals surface area contributed by atoms with Crippen molar-refractivity contribution in [1.29, 1.82) is 0 Å². The summed E-state index contributed by atoms with van der Waals surface area (Å²) in [5, 5.41) is 0.810. The first-order valence-electron chi connectivity index (χ1n) is 7.28. The Hall–Kier alpha value is -2.72. The molecule has 0 unspecified atom stereocenters. The second-order valence-electron chi connectivity index (χ2n) is 5.08. The third kappa shape index (κ3) is 3.14. The van der Waals surface area contributed by atoms with Gasteiger partial charge in [0.2, 0.25) is 0 Å². The largest absolute Gasteiger partial charge is 0.496 e. The summed E-state index contributed by atoms with van der Waals surface area (Å²) in [5.41, 5.74) is 0.958. The lowest BCUT2D eigenvalue weighted by atomic mass is 10.1. The molecule has 4 nitrogen and oxygen atoms in total. The summed E-state index contributed by atoms with van der Waals surface area (Å²) < 4.78 is 16.5. The molecule has 0 fully saturated rings. The number of hydrogen-bond donors (Lipinski definition) is 0. The molecule has 24 heavy (non-hydrogen) atoms. The quantitative estimate of drug-likeness (QED) is 0.631. The third-order valence-corrected chi connectivity index (χ3v) is 3.70. The zero-order valence-electron chi connectivity index (χ0n) is 13.0. The molecule has 0 aliphatic heterocycles. The van der Waals surface area contributed by atoms with Gasteiger partial charge in [0.1, 0.15) is 34.8 Å². The molecule has 0 atom stereocenters. The first-order valence-corrected chi connectivity index (χ1v) is 7.65. The second kappa shape index (κ2) is 6.81. The molecule has 3 rings (SSSR count). The normalized spacial score (nSPS) is 10.6. The van der Waals surface area contributed by atoms with Gasteiger partial charge in [0, 0.05) is 22.7 Å². The average molecular weight is 343 g/mol. The summed E-state index contributed by atoms with van der Waals surface area (Å²) in [4.78, 5) is 12.5. The van der Waals surface area contributed by atoms with Crippen molar-refractivity contribution < 1.29 is 13.9 Å². The number of halogens is 1. The van der Waals surface area contributed by atoms with Crippen LogP contribution in [0.3, 0.4) is 0 Å². The van der Waals surface area contributed by atoms with Gasteiger partial charge in [-0.2, -0.15) is 0 Å². The minimum absolute atomic E-state index is 0.188. The number of ether oxygens (including phenoxy) is 2. The zero-order valence-corrected chi connectivity index (χ0v) is 13.8. The van der Waals surface area contributed by atoms with E-state index >= 15 is 0 Å². The molecule has 0 bridgehead atoms. The molecule has 0 N–H and O–H groups in total. The number of methoxy groups -OCH3 is 1. The highest BCUT2D eigenvalue weighted by Crippen LogP contribution is 2.31. The van der Waals surface area contributed by atoms with Crippen LogP contribution in [-0.4, -0.2) is 13.7 Å². The maximum absolute atomic E-state index is 12.5. The van der Waals surface area contributed by atoms with E-state index in [-0.39, 0.29) is 5.43 Å². The predicted octanol–water partition coefficient (Wildman–Crippen LogP) is 4.69. The van der Waals surface area contributed by atoms with E-state index in [0.717, 1.165) is 5.56 Å². The number of benzene rings is 2. The van der Waals surface area contributed by atoms with Crippen LogP contribution in [0.5, 0.6) is 11.5 Å². The van der Waals surface area contributed by atoms with Crippen molar-refractivity contribution in [3.63, 3.8) is 0 Å². The third-order valence-electron chi connectivity index (χ3n) is 3.49. The van der Waals surface area contributed by atoms with Crippen molar-refractivity contribution in [3.8, 4) is 22.8 Å². The lowest BCUT2D eigenvalue weighted by Crippen LogP contribution is -2.02. The molecule has 122 valence electrons. The SMILES string of the molecule is C=CCOc1ccc(-c2cc(=O)c3c(OC)cc(Cl)cc3o2)cc1. The Bertz CT molecular complexity index is 942. The van der Waals surface area contributed by atoms with E-state index in [1.54, 1.807) is 18.2 Å². The number of rotatable bonds is 5. The van der Waals surface area contributed by atoms with Crippen molar-refractivity contribution in [1.82, 2.24) is 0 Å². The number of hydrogen-bond acceptors (Lipinski definition) is 4. The number of fused-ring (bicyclic) bond motifs is 1. The highest BCUT2D eigenvalue weighted by atomic mass is 35.5. The van der Waals surface area contributed by atoms with Crippen molar-refractivity contribution >= 4 is 22.6 Å². The van der Waals surface area contributed by atoms with Gasteiger partial charge in [-0.05, 0) is 30.3 Å². The summed E-state index contributed by atoms with van der Waals surface area (Å²) in [6.45, 7) is 4.04. The van der Waals surface area contributed by atoms with Gasteiger partial charge >= 0.3 is 0 Å². The topological polar surface area (TPSA) is 48.7 Å². The molecule has 0 amide bonds. The van der Waals surface area contributed by atoms with Gasteiger partial charge in [0.25, 0.3) is 0 Å². The second-order valence-corrected chi connectivity index (χ2v) is 5.52. The van der Waals surface area contributed by atoms with Crippen LogP contribution < -0.4 is 14.9 Å². The molecule has 0 aliphatic carbocycles. The van der Waals surface area contributed by atoms with Crippen LogP contribution in [0.25, 0.3) is 22.3 Å². The van der Waals surface area contributed by atoms with Gasteiger partial charge in [-0.25, -0.2) is 0 Å². The fourth-order valence-electron chi connectivity index (χ4n) is 2.39. The monoisotopic (exact) mass is 342 g/mol. The molecule has 0 spiro atoms. The summed E-state index contributed by atoms with van der Waals surface area (Å²) in [7, 11) is 1.49. The molecule has 1 heterocycles. The molecule has 2 aromatic carbocycles. The molecule has 0 saturated carbocycles. The van der Waals surface area contributed by atoms with Crippen LogP contribution in [0.4, 0.5) is 0 Å². The highest BCUT2D eigenvalue weighted by Gasteiger charge is 2.12. The molecule has 5 heteroatoms. The molecule has 0 saturated heterocycles. The molecule has 1 aromatic heterocycles. The lowest BCUT2D eigenvalue weighted by molar-refractivity contribution is 0.363. The standard InChI is InChI=1S/C19H15ClO4/c1-3-8-23-14-6-4-12(5-7-14)16-11-15(21)19-17(22-2)9-13(20)10-18(19)24-16/h3-7,9-11H,1,8H2,2H3. The summed E-state index contributed by atoms with van der Waals surface area (Å²) in [6, 6.07) is 11.9. The average Bonchev–Trinajstić information content (AvgIpc) is 2.59. The highest BCUT2D eigenvalue weighted by molar-refractivity contribution is 6.31. The van der Waals surface area contributed by atoms with Crippen molar-refractivity contribution in [2.24, 2.45) is 0 Å². The molecular weight excluding hydrogens is 328 g/mol. The van der Waals surface area contributed by atoms with E-state index in [9.17, 15) is 4.79 Å². The van der Waals surface area contributed by atoms with E-state index in [1.165, 1.54) is 13.2 Å². The summed E-state index contributed by atoms with van der Waals surface area (Å²) in [5.74, 6) is 1.56. The van der Waals surface area contributed by atoms with Crippen LogP contribution >= 0.6 is 11.6 Å². The zero-order chi connectivity index (χ0) is 17.1. The van der Waals surface area contributed by atoms with E-state index in [1.807, 2.05) is 24.3 Å². The Labute approximate surface area is 143 Å². The molecular formula is C19H15ClO4. The minimum Gasteiger partial charge on any atom is -0.496 e. The Morgan fingerprint density at radius 3 is 2.62 bits per heavy atom.